The molecule has 40 heavy (non-hydrogen) atoms. The van der Waals surface area contributed by atoms with Crippen molar-refractivity contribution in [3.63, 3.8) is 0 Å². The number of hydrogen-bond acceptors (Lipinski definition) is 10. The van der Waals surface area contributed by atoms with Crippen LogP contribution in [-0.2, 0) is 11.4 Å². The zero-order valence-electron chi connectivity index (χ0n) is 22.9. The Labute approximate surface area is 233 Å². The van der Waals surface area contributed by atoms with E-state index in [2.05, 4.69) is 0 Å². The normalized spacial score (nSPS) is 16.7. The van der Waals surface area contributed by atoms with Gasteiger partial charge in [-0.3, -0.25) is 4.79 Å². The number of nitrogens with zero attached hydrogens (tertiary/aromatic N) is 2. The summed E-state index contributed by atoms with van der Waals surface area (Å²) in [7, 11) is 6.07. The van der Waals surface area contributed by atoms with Crippen LogP contribution >= 0.6 is 0 Å². The summed E-state index contributed by atoms with van der Waals surface area (Å²) in [6.07, 6.45) is 1.35. The maximum Gasteiger partial charge on any atom is 0.254 e. The molecule has 5 N–H and O–H groups in total. The molecule has 0 aliphatic carbocycles. The van der Waals surface area contributed by atoms with Crippen LogP contribution in [0.15, 0.2) is 72.6 Å². The van der Waals surface area contributed by atoms with E-state index in [4.69, 9.17) is 35.3 Å². The van der Waals surface area contributed by atoms with Crippen molar-refractivity contribution in [1.29, 1.82) is 0 Å². The first kappa shape index (κ1) is 28.4. The minimum atomic E-state index is -0.834. The van der Waals surface area contributed by atoms with Crippen LogP contribution in [0.3, 0.4) is 0 Å². The summed E-state index contributed by atoms with van der Waals surface area (Å²) in [4.78, 5) is 15.2. The Morgan fingerprint density at radius 1 is 0.925 bits per heavy atom. The number of carbonyl (C=O) groups is 1. The number of amides is 1. The van der Waals surface area contributed by atoms with Gasteiger partial charge in [-0.1, -0.05) is 36.4 Å². The number of β-lactam (4-membered cyclic amide) rings is 1. The molecule has 3 aromatic rings. The number of hydrazine groups is 1. The average Bonchev–Trinajstić information content (AvgIpc) is 2.98. The van der Waals surface area contributed by atoms with E-state index >= 15 is 0 Å². The summed E-state index contributed by atoms with van der Waals surface area (Å²) in [6.45, 7) is -0.0844. The summed E-state index contributed by atoms with van der Waals surface area (Å²) < 4.78 is 28.1. The molecule has 0 radical (unpaired) electrons. The van der Waals surface area contributed by atoms with Gasteiger partial charge in [0.2, 0.25) is 5.75 Å². The number of nitrogens with two attached hydrogens (primary N) is 2. The highest BCUT2D eigenvalue weighted by atomic mass is 16.5. The number of hydrogen-bond donors (Lipinski definition) is 3. The molecule has 11 nitrogen and oxygen atoms in total. The van der Waals surface area contributed by atoms with Gasteiger partial charge in [-0.2, -0.15) is 0 Å². The average molecular weight is 551 g/mol. The van der Waals surface area contributed by atoms with Crippen molar-refractivity contribution in [2.75, 3.05) is 39.9 Å². The minimum Gasteiger partial charge on any atom is -0.493 e. The second kappa shape index (κ2) is 12.5. The van der Waals surface area contributed by atoms with E-state index in [1.165, 1.54) is 32.5 Å². The van der Waals surface area contributed by atoms with Crippen molar-refractivity contribution < 1.29 is 33.6 Å². The second-order valence-electron chi connectivity index (χ2n) is 8.98. The molecule has 1 saturated heterocycles. The number of anilines is 1. The smallest absolute Gasteiger partial charge is 0.254 e. The summed E-state index contributed by atoms with van der Waals surface area (Å²) in [5.74, 6) is 8.21. The largest absolute Gasteiger partial charge is 0.493 e. The molecule has 1 amide bonds. The van der Waals surface area contributed by atoms with E-state index in [-0.39, 0.29) is 11.6 Å². The molecule has 0 bridgehead atoms. The highest BCUT2D eigenvalue weighted by Gasteiger charge is 2.52. The quantitative estimate of drug-likeness (QED) is 0.175. The molecule has 1 fully saturated rings. The molecule has 4 rings (SSSR count). The first-order valence-electron chi connectivity index (χ1n) is 12.4. The van der Waals surface area contributed by atoms with Gasteiger partial charge in [-0.05, 0) is 23.3 Å². The molecule has 1 unspecified atom stereocenters. The first-order valence-corrected chi connectivity index (χ1v) is 12.4. The summed E-state index contributed by atoms with van der Waals surface area (Å²) in [5.41, 5.74) is 8.15. The lowest BCUT2D eigenvalue weighted by atomic mass is 9.87. The van der Waals surface area contributed by atoms with Crippen molar-refractivity contribution in [1.82, 2.24) is 5.01 Å². The van der Waals surface area contributed by atoms with Gasteiger partial charge in [-0.25, -0.2) is 5.84 Å². The lowest BCUT2D eigenvalue weighted by molar-refractivity contribution is -0.131. The zero-order chi connectivity index (χ0) is 28.8. The van der Waals surface area contributed by atoms with Gasteiger partial charge in [0.05, 0.1) is 52.5 Å². The van der Waals surface area contributed by atoms with Crippen LogP contribution < -0.4 is 40.2 Å². The zero-order valence-corrected chi connectivity index (χ0v) is 22.9. The van der Waals surface area contributed by atoms with Crippen molar-refractivity contribution >= 4 is 11.6 Å². The monoisotopic (exact) mass is 550 g/mol. The lowest BCUT2D eigenvalue weighted by Gasteiger charge is -2.50. The topological polar surface area (TPSA) is 142 Å². The highest BCUT2D eigenvalue weighted by molar-refractivity contribution is 6.06. The molecular formula is C29H34N4O7. The molecule has 3 aromatic carbocycles. The SMILES string of the molecule is COc1ccc([C@H]2C(N(N)/C=C(\N)CO)C(=O)N2c2cc(OC)c(OC)c(OC)c2)cc1OCc1ccccc1. The lowest BCUT2D eigenvalue weighted by Crippen LogP contribution is -2.66. The molecule has 0 saturated carbocycles. The molecule has 1 aliphatic heterocycles. The van der Waals surface area contributed by atoms with Gasteiger partial charge >= 0.3 is 0 Å². The number of carbonyl (C=O) groups excluding carboxylic acids is 1. The molecule has 0 spiro atoms. The van der Waals surface area contributed by atoms with Crippen molar-refractivity contribution in [3.05, 3.63) is 83.7 Å². The predicted molar refractivity (Wildman–Crippen MR) is 149 cm³/mol. The third-order valence-corrected chi connectivity index (χ3v) is 6.58. The molecule has 212 valence electrons. The van der Waals surface area contributed by atoms with Crippen molar-refractivity contribution in [2.45, 2.75) is 18.7 Å². The first-order chi connectivity index (χ1) is 19.4. The Kier molecular flexibility index (Phi) is 8.87. The van der Waals surface area contributed by atoms with Gasteiger partial charge in [0, 0.05) is 18.3 Å². The number of rotatable bonds is 12. The maximum atomic E-state index is 13.6. The number of aliphatic hydroxyl groups excluding tert-OH is 1. The Bertz CT molecular complexity index is 1340. The minimum absolute atomic E-state index is 0.113. The third kappa shape index (κ3) is 5.56. The van der Waals surface area contributed by atoms with Crippen LogP contribution in [0, 0.1) is 0 Å². The van der Waals surface area contributed by atoms with Crippen LogP contribution in [0.2, 0.25) is 0 Å². The van der Waals surface area contributed by atoms with Crippen LogP contribution in [0.25, 0.3) is 0 Å². The van der Waals surface area contributed by atoms with Gasteiger partial charge in [0.15, 0.2) is 23.0 Å². The van der Waals surface area contributed by atoms with E-state index in [0.717, 1.165) is 11.1 Å². The molecule has 0 aromatic heterocycles. The van der Waals surface area contributed by atoms with E-state index < -0.39 is 18.7 Å². The molecule has 1 aliphatic rings. The van der Waals surface area contributed by atoms with Crippen LogP contribution in [0.1, 0.15) is 17.2 Å². The number of aliphatic hydroxyl groups is 1. The Hall–Kier alpha value is -4.61. The van der Waals surface area contributed by atoms with E-state index in [0.29, 0.717) is 41.0 Å². The fraction of sp³-hybridized carbons (Fsp3) is 0.276. The highest BCUT2D eigenvalue weighted by Crippen LogP contribution is 2.48. The van der Waals surface area contributed by atoms with E-state index in [1.54, 1.807) is 30.2 Å². The van der Waals surface area contributed by atoms with Gasteiger partial charge in [0.25, 0.3) is 5.91 Å². The molecule has 1 heterocycles. The number of methoxy groups -OCH3 is 4. The fourth-order valence-electron chi connectivity index (χ4n) is 4.63. The van der Waals surface area contributed by atoms with Crippen molar-refractivity contribution in [3.8, 4) is 28.7 Å². The summed E-state index contributed by atoms with van der Waals surface area (Å²) >= 11 is 0. The van der Waals surface area contributed by atoms with Crippen LogP contribution in [0.5, 0.6) is 28.7 Å². The van der Waals surface area contributed by atoms with Gasteiger partial charge in [-0.15, -0.1) is 0 Å². The molecular weight excluding hydrogens is 516 g/mol. The Morgan fingerprint density at radius 3 is 2.15 bits per heavy atom. The Balaban J connectivity index is 1.78. The van der Waals surface area contributed by atoms with Crippen molar-refractivity contribution in [2.24, 2.45) is 11.6 Å². The number of ether oxygens (including phenoxy) is 5. The number of benzene rings is 3. The van der Waals surface area contributed by atoms with E-state index in [9.17, 15) is 9.90 Å². The maximum absolute atomic E-state index is 13.6. The fourth-order valence-corrected chi connectivity index (χ4v) is 4.63. The molecule has 2 atom stereocenters. The van der Waals surface area contributed by atoms with E-state index in [1.807, 2.05) is 42.5 Å². The van der Waals surface area contributed by atoms with Gasteiger partial charge < -0.3 is 44.4 Å². The molecule has 11 heteroatoms. The summed E-state index contributed by atoms with van der Waals surface area (Å²) in [5, 5.41) is 10.6. The summed E-state index contributed by atoms with van der Waals surface area (Å²) in [6, 6.07) is 17.2. The van der Waals surface area contributed by atoms with Gasteiger partial charge in [0.1, 0.15) is 12.6 Å². The van der Waals surface area contributed by atoms with Crippen LogP contribution in [0.4, 0.5) is 5.69 Å². The second-order valence-corrected chi connectivity index (χ2v) is 8.98. The Morgan fingerprint density at radius 2 is 1.57 bits per heavy atom. The van der Waals surface area contributed by atoms with Crippen LogP contribution in [-0.4, -0.2) is 57.1 Å². The third-order valence-electron chi connectivity index (χ3n) is 6.58. The predicted octanol–water partition coefficient (Wildman–Crippen LogP) is 2.72. The standard InChI is InChI=1S/C29H34N4O7/c1-36-22-11-10-19(12-23(22)40-17-18-8-6-5-7-9-18)26-27(32(31)15-20(30)16-34)29(35)33(26)21-13-24(37-2)28(39-4)25(14-21)38-3/h5-15,26-27,34H,16-17,30-31H2,1-4H3/b20-15-/t26-,27?/m0/s1.